The Kier molecular flexibility index (Phi) is 5.63. The number of aliphatic carboxylic acids is 1. The van der Waals surface area contributed by atoms with Crippen molar-refractivity contribution in [2.24, 2.45) is 7.05 Å². The van der Waals surface area contributed by atoms with Gasteiger partial charge < -0.3 is 14.6 Å². The molecule has 0 radical (unpaired) electrons. The molecule has 1 saturated heterocycles. The molecule has 2 atom stereocenters. The van der Waals surface area contributed by atoms with E-state index in [0.29, 0.717) is 41.9 Å². The lowest BCUT2D eigenvalue weighted by atomic mass is 10.0. The van der Waals surface area contributed by atoms with Gasteiger partial charge in [-0.15, -0.1) is 0 Å². The molecule has 0 spiro atoms. The van der Waals surface area contributed by atoms with Crippen molar-refractivity contribution in [1.29, 1.82) is 5.26 Å². The van der Waals surface area contributed by atoms with Crippen LogP contribution in [-0.2, 0) is 11.8 Å². The predicted molar refractivity (Wildman–Crippen MR) is 117 cm³/mol. The normalized spacial score (nSPS) is 17.8. The molecule has 1 aromatic carbocycles. The second-order valence-corrected chi connectivity index (χ2v) is 7.93. The summed E-state index contributed by atoms with van der Waals surface area (Å²) in [5.41, 5.74) is 2.38. The number of carboxylic acids is 1. The summed E-state index contributed by atoms with van der Waals surface area (Å²) in [6.07, 6.45) is 0. The van der Waals surface area contributed by atoms with Crippen molar-refractivity contribution in [3.63, 3.8) is 0 Å². The average Bonchev–Trinajstić information content (AvgIpc) is 2.77. The highest BCUT2D eigenvalue weighted by molar-refractivity contribution is 5.89. The maximum atomic E-state index is 13.3. The SMILES string of the molecule is CC1CN(C(C(=O)O)c2ccc(F)cc2)CCN1c1cc(=O)n(C)c2ccc(C#N)nc12. The standard InChI is InChI=1S/C23H22FN5O3/c1-14-13-28(22(23(31)32)15-3-5-16(24)6-4-15)9-10-29(14)19-11-20(30)27(2)18-8-7-17(12-25)26-21(18)19/h3-8,11,14,22H,9-10,13H2,1-2H3,(H,31,32). The van der Waals surface area contributed by atoms with E-state index in [9.17, 15) is 24.3 Å². The molecule has 8 nitrogen and oxygen atoms in total. The van der Waals surface area contributed by atoms with Gasteiger partial charge in [0.2, 0.25) is 0 Å². The van der Waals surface area contributed by atoms with E-state index in [-0.39, 0.29) is 17.3 Å². The van der Waals surface area contributed by atoms with Gasteiger partial charge in [0.05, 0.1) is 11.2 Å². The van der Waals surface area contributed by atoms with Gasteiger partial charge in [-0.1, -0.05) is 12.1 Å². The van der Waals surface area contributed by atoms with E-state index < -0.39 is 17.8 Å². The molecular formula is C23H22FN5O3. The van der Waals surface area contributed by atoms with Crippen molar-refractivity contribution in [2.75, 3.05) is 24.5 Å². The van der Waals surface area contributed by atoms with Crippen LogP contribution in [0.3, 0.4) is 0 Å². The quantitative estimate of drug-likeness (QED) is 0.671. The topological polar surface area (TPSA) is 102 Å². The molecule has 1 aliphatic heterocycles. The largest absolute Gasteiger partial charge is 0.480 e. The maximum Gasteiger partial charge on any atom is 0.325 e. The number of halogens is 1. The number of benzene rings is 1. The molecule has 2 aromatic heterocycles. The highest BCUT2D eigenvalue weighted by Crippen LogP contribution is 2.30. The molecule has 9 heteroatoms. The summed E-state index contributed by atoms with van der Waals surface area (Å²) < 4.78 is 14.8. The van der Waals surface area contributed by atoms with Gasteiger partial charge >= 0.3 is 5.97 Å². The summed E-state index contributed by atoms with van der Waals surface area (Å²) in [4.78, 5) is 32.9. The van der Waals surface area contributed by atoms with E-state index in [1.54, 1.807) is 19.2 Å². The number of aromatic nitrogens is 2. The van der Waals surface area contributed by atoms with Gasteiger partial charge in [-0.3, -0.25) is 14.5 Å². The number of hydrogen-bond donors (Lipinski definition) is 1. The fourth-order valence-electron chi connectivity index (χ4n) is 4.33. The Bertz CT molecular complexity index is 1280. The molecule has 0 amide bonds. The van der Waals surface area contributed by atoms with Crippen LogP contribution in [0.2, 0.25) is 0 Å². The zero-order chi connectivity index (χ0) is 23.0. The molecule has 4 rings (SSSR count). The minimum atomic E-state index is -1.00. The molecule has 1 aliphatic rings. The number of carboxylic acid groups (broad SMARTS) is 1. The third kappa shape index (κ3) is 3.81. The van der Waals surface area contributed by atoms with E-state index in [0.717, 1.165) is 0 Å². The molecule has 0 bridgehead atoms. The van der Waals surface area contributed by atoms with Crippen molar-refractivity contribution in [3.8, 4) is 6.07 Å². The molecule has 2 unspecified atom stereocenters. The molecule has 32 heavy (non-hydrogen) atoms. The van der Waals surface area contributed by atoms with E-state index in [4.69, 9.17) is 0 Å². The van der Waals surface area contributed by atoms with E-state index in [1.165, 1.54) is 34.9 Å². The van der Waals surface area contributed by atoms with Crippen molar-refractivity contribution in [2.45, 2.75) is 19.0 Å². The van der Waals surface area contributed by atoms with Crippen LogP contribution in [0.1, 0.15) is 24.2 Å². The number of hydrogen-bond acceptors (Lipinski definition) is 6. The number of nitrogens with zero attached hydrogens (tertiary/aromatic N) is 5. The van der Waals surface area contributed by atoms with Crippen LogP contribution in [0.4, 0.5) is 10.1 Å². The molecule has 3 heterocycles. The summed E-state index contributed by atoms with van der Waals surface area (Å²) in [6.45, 7) is 3.26. The molecule has 3 aromatic rings. The number of piperazine rings is 1. The number of fused-ring (bicyclic) bond motifs is 1. The third-order valence-corrected chi connectivity index (χ3v) is 5.94. The number of pyridine rings is 2. The molecule has 164 valence electrons. The number of aryl methyl sites for hydroxylation is 1. The van der Waals surface area contributed by atoms with Crippen molar-refractivity contribution in [3.05, 3.63) is 69.9 Å². The van der Waals surface area contributed by atoms with Crippen LogP contribution in [0.5, 0.6) is 0 Å². The predicted octanol–water partition coefficient (Wildman–Crippen LogP) is 2.28. The summed E-state index contributed by atoms with van der Waals surface area (Å²) in [6, 6.07) is 11.3. The summed E-state index contributed by atoms with van der Waals surface area (Å²) in [7, 11) is 1.66. The van der Waals surface area contributed by atoms with Crippen LogP contribution >= 0.6 is 0 Å². The zero-order valence-electron chi connectivity index (χ0n) is 17.7. The average molecular weight is 435 g/mol. The van der Waals surface area contributed by atoms with Gasteiger partial charge in [0, 0.05) is 38.8 Å². The van der Waals surface area contributed by atoms with Crippen LogP contribution in [0.25, 0.3) is 11.0 Å². The lowest BCUT2D eigenvalue weighted by molar-refractivity contribution is -0.144. The Labute approximate surface area is 183 Å². The third-order valence-electron chi connectivity index (χ3n) is 5.94. The van der Waals surface area contributed by atoms with Crippen LogP contribution in [0, 0.1) is 17.1 Å². The Hall–Kier alpha value is -3.77. The summed E-state index contributed by atoms with van der Waals surface area (Å²) >= 11 is 0. The fraction of sp³-hybridized carbons (Fsp3) is 0.304. The molecule has 0 aliphatic carbocycles. The van der Waals surface area contributed by atoms with Gasteiger partial charge in [0.25, 0.3) is 5.56 Å². The Morgan fingerprint density at radius 1 is 1.25 bits per heavy atom. The van der Waals surface area contributed by atoms with Crippen LogP contribution in [0.15, 0.2) is 47.3 Å². The second kappa shape index (κ2) is 8.40. The van der Waals surface area contributed by atoms with Gasteiger partial charge in [-0.2, -0.15) is 5.26 Å². The maximum absolute atomic E-state index is 13.3. The second-order valence-electron chi connectivity index (χ2n) is 7.93. The van der Waals surface area contributed by atoms with E-state index >= 15 is 0 Å². The fourth-order valence-corrected chi connectivity index (χ4v) is 4.33. The van der Waals surface area contributed by atoms with E-state index in [2.05, 4.69) is 4.98 Å². The summed E-state index contributed by atoms with van der Waals surface area (Å²) in [5.74, 6) is -1.42. The monoisotopic (exact) mass is 435 g/mol. The van der Waals surface area contributed by atoms with Crippen molar-refractivity contribution in [1.82, 2.24) is 14.5 Å². The van der Waals surface area contributed by atoms with Gasteiger partial charge in [0.15, 0.2) is 0 Å². The number of nitriles is 1. The Morgan fingerprint density at radius 3 is 2.59 bits per heavy atom. The summed E-state index contributed by atoms with van der Waals surface area (Å²) in [5, 5.41) is 19.1. The highest BCUT2D eigenvalue weighted by Gasteiger charge is 2.34. The van der Waals surface area contributed by atoms with Crippen LogP contribution < -0.4 is 10.5 Å². The molecule has 0 saturated carbocycles. The Morgan fingerprint density at radius 2 is 1.97 bits per heavy atom. The number of anilines is 1. The Balaban J connectivity index is 1.68. The number of carbonyl (C=O) groups is 1. The zero-order valence-corrected chi connectivity index (χ0v) is 17.7. The van der Waals surface area contributed by atoms with Crippen molar-refractivity contribution < 1.29 is 14.3 Å². The van der Waals surface area contributed by atoms with Gasteiger partial charge in [-0.05, 0) is 36.8 Å². The lowest BCUT2D eigenvalue weighted by Gasteiger charge is -2.43. The minimum Gasteiger partial charge on any atom is -0.480 e. The first-order valence-electron chi connectivity index (χ1n) is 10.2. The van der Waals surface area contributed by atoms with Gasteiger partial charge in [-0.25, -0.2) is 9.37 Å². The van der Waals surface area contributed by atoms with Crippen LogP contribution in [-0.4, -0.2) is 51.2 Å². The minimum absolute atomic E-state index is 0.131. The lowest BCUT2D eigenvalue weighted by Crippen LogP contribution is -2.54. The van der Waals surface area contributed by atoms with Gasteiger partial charge in [0.1, 0.15) is 29.1 Å². The number of rotatable bonds is 4. The first-order chi connectivity index (χ1) is 15.3. The molecular weight excluding hydrogens is 413 g/mol. The first-order valence-corrected chi connectivity index (χ1v) is 10.2. The smallest absolute Gasteiger partial charge is 0.325 e. The highest BCUT2D eigenvalue weighted by atomic mass is 19.1. The van der Waals surface area contributed by atoms with Crippen molar-refractivity contribution >= 4 is 22.7 Å². The molecule has 1 N–H and O–H groups in total. The van der Waals surface area contributed by atoms with E-state index in [1.807, 2.05) is 22.8 Å². The first kappa shape index (κ1) is 21.5. The molecule has 1 fully saturated rings.